The predicted octanol–water partition coefficient (Wildman–Crippen LogP) is 0.753. The fraction of sp³-hybridized carbons (Fsp3) is 1.00. The number of hydrogen-bond donors (Lipinski definition) is 2. The summed E-state index contributed by atoms with van der Waals surface area (Å²) in [6.45, 7) is 7.29. The van der Waals surface area contributed by atoms with Crippen LogP contribution in [0.2, 0.25) is 0 Å². The Kier molecular flexibility index (Phi) is 4.16. The van der Waals surface area contributed by atoms with Gasteiger partial charge in [-0.25, -0.2) is 0 Å². The molecule has 78 valence electrons. The second kappa shape index (κ2) is 4.94. The number of nitrogens with one attached hydrogen (secondary N) is 2. The molecule has 0 spiro atoms. The van der Waals surface area contributed by atoms with Crippen LogP contribution < -0.4 is 10.6 Å². The first kappa shape index (κ1) is 11.0. The molecule has 0 aliphatic carbocycles. The molecule has 0 radical (unpaired) electrons. The molecule has 0 amide bonds. The second-order valence-electron chi connectivity index (χ2n) is 4.24. The van der Waals surface area contributed by atoms with Crippen molar-refractivity contribution in [3.63, 3.8) is 0 Å². The smallest absolute Gasteiger partial charge is 0.0779 e. The SMILES string of the molecule is CNCC(C)NCC1(C)CCCO1. The highest BCUT2D eigenvalue weighted by Gasteiger charge is 2.29. The van der Waals surface area contributed by atoms with E-state index in [0.29, 0.717) is 6.04 Å². The lowest BCUT2D eigenvalue weighted by molar-refractivity contribution is 0.0192. The Morgan fingerprint density at radius 3 is 2.85 bits per heavy atom. The summed E-state index contributed by atoms with van der Waals surface area (Å²) < 4.78 is 5.69. The molecule has 13 heavy (non-hydrogen) atoms. The molecule has 0 bridgehead atoms. The van der Waals surface area contributed by atoms with Crippen molar-refractivity contribution in [2.75, 3.05) is 26.7 Å². The third-order valence-corrected chi connectivity index (χ3v) is 2.64. The Morgan fingerprint density at radius 1 is 1.54 bits per heavy atom. The zero-order valence-corrected chi connectivity index (χ0v) is 9.02. The van der Waals surface area contributed by atoms with Gasteiger partial charge in [0.15, 0.2) is 0 Å². The lowest BCUT2D eigenvalue weighted by Gasteiger charge is -2.25. The minimum absolute atomic E-state index is 0.0853. The topological polar surface area (TPSA) is 33.3 Å². The van der Waals surface area contributed by atoms with Gasteiger partial charge in [0.2, 0.25) is 0 Å². The van der Waals surface area contributed by atoms with E-state index >= 15 is 0 Å². The van der Waals surface area contributed by atoms with E-state index in [1.807, 2.05) is 7.05 Å². The number of rotatable bonds is 5. The average molecular weight is 186 g/mol. The number of ether oxygens (including phenoxy) is 1. The van der Waals surface area contributed by atoms with Crippen LogP contribution in [0.4, 0.5) is 0 Å². The molecule has 1 rings (SSSR count). The third kappa shape index (κ3) is 3.63. The molecule has 2 N–H and O–H groups in total. The monoisotopic (exact) mass is 186 g/mol. The maximum Gasteiger partial charge on any atom is 0.0779 e. The van der Waals surface area contributed by atoms with Crippen molar-refractivity contribution in [2.24, 2.45) is 0 Å². The van der Waals surface area contributed by atoms with Crippen LogP contribution >= 0.6 is 0 Å². The molecule has 1 aliphatic rings. The van der Waals surface area contributed by atoms with Crippen LogP contribution in [0.15, 0.2) is 0 Å². The van der Waals surface area contributed by atoms with Crippen LogP contribution in [0.1, 0.15) is 26.7 Å². The third-order valence-electron chi connectivity index (χ3n) is 2.64. The largest absolute Gasteiger partial charge is 0.374 e. The van der Waals surface area contributed by atoms with E-state index in [-0.39, 0.29) is 5.60 Å². The van der Waals surface area contributed by atoms with E-state index in [9.17, 15) is 0 Å². The number of hydrogen-bond acceptors (Lipinski definition) is 3. The van der Waals surface area contributed by atoms with Crippen LogP contribution in [0.5, 0.6) is 0 Å². The lowest BCUT2D eigenvalue weighted by Crippen LogP contribution is -2.44. The minimum atomic E-state index is 0.0853. The Labute approximate surface area is 81.2 Å². The van der Waals surface area contributed by atoms with E-state index in [1.165, 1.54) is 12.8 Å². The van der Waals surface area contributed by atoms with Crippen LogP contribution in [-0.2, 0) is 4.74 Å². The summed E-state index contributed by atoms with van der Waals surface area (Å²) in [5, 5.41) is 6.63. The van der Waals surface area contributed by atoms with Crippen molar-refractivity contribution in [2.45, 2.75) is 38.3 Å². The lowest BCUT2D eigenvalue weighted by atomic mass is 10.0. The summed E-state index contributed by atoms with van der Waals surface area (Å²) in [6, 6.07) is 0.519. The van der Waals surface area contributed by atoms with E-state index < -0.39 is 0 Å². The molecule has 0 aromatic rings. The van der Waals surface area contributed by atoms with E-state index in [4.69, 9.17) is 4.74 Å². The summed E-state index contributed by atoms with van der Waals surface area (Å²) in [5.74, 6) is 0. The summed E-state index contributed by atoms with van der Waals surface area (Å²) in [7, 11) is 1.98. The van der Waals surface area contributed by atoms with Gasteiger partial charge in [0, 0.05) is 25.7 Å². The van der Waals surface area contributed by atoms with E-state index in [2.05, 4.69) is 24.5 Å². The highest BCUT2D eigenvalue weighted by molar-refractivity contribution is 4.83. The molecule has 2 atom stereocenters. The van der Waals surface area contributed by atoms with Gasteiger partial charge in [-0.2, -0.15) is 0 Å². The van der Waals surface area contributed by atoms with Gasteiger partial charge in [0.05, 0.1) is 5.60 Å². The van der Waals surface area contributed by atoms with Gasteiger partial charge in [-0.15, -0.1) is 0 Å². The van der Waals surface area contributed by atoms with Gasteiger partial charge < -0.3 is 15.4 Å². The first-order chi connectivity index (χ1) is 6.16. The Balaban J connectivity index is 2.17. The molecular formula is C10H22N2O. The van der Waals surface area contributed by atoms with Crippen molar-refractivity contribution in [3.05, 3.63) is 0 Å². The Hall–Kier alpha value is -0.120. The van der Waals surface area contributed by atoms with Gasteiger partial charge in [0.1, 0.15) is 0 Å². The van der Waals surface area contributed by atoms with Crippen molar-refractivity contribution in [1.82, 2.24) is 10.6 Å². The fourth-order valence-electron chi connectivity index (χ4n) is 1.74. The van der Waals surface area contributed by atoms with Crippen LogP contribution in [0, 0.1) is 0 Å². The van der Waals surface area contributed by atoms with Crippen molar-refractivity contribution >= 4 is 0 Å². The van der Waals surface area contributed by atoms with Gasteiger partial charge in [-0.05, 0) is 33.7 Å². The maximum atomic E-state index is 5.69. The second-order valence-corrected chi connectivity index (χ2v) is 4.24. The molecule has 1 fully saturated rings. The van der Waals surface area contributed by atoms with Crippen molar-refractivity contribution in [1.29, 1.82) is 0 Å². The van der Waals surface area contributed by atoms with Crippen molar-refractivity contribution < 1.29 is 4.74 Å². The van der Waals surface area contributed by atoms with Crippen molar-refractivity contribution in [3.8, 4) is 0 Å². The molecule has 0 aromatic heterocycles. The van der Waals surface area contributed by atoms with Gasteiger partial charge >= 0.3 is 0 Å². The Morgan fingerprint density at radius 2 is 2.31 bits per heavy atom. The number of likely N-dealkylation sites (N-methyl/N-ethyl adjacent to an activating group) is 1. The molecular weight excluding hydrogens is 164 g/mol. The van der Waals surface area contributed by atoms with Gasteiger partial charge in [-0.3, -0.25) is 0 Å². The normalized spacial score (nSPS) is 30.7. The zero-order valence-electron chi connectivity index (χ0n) is 9.02. The average Bonchev–Trinajstić information content (AvgIpc) is 2.51. The zero-order chi connectivity index (χ0) is 9.73. The standard InChI is InChI=1S/C10H22N2O/c1-9(7-11-3)12-8-10(2)5-4-6-13-10/h9,11-12H,4-8H2,1-3H3. The summed E-state index contributed by atoms with van der Waals surface area (Å²) >= 11 is 0. The molecule has 3 nitrogen and oxygen atoms in total. The van der Waals surface area contributed by atoms with Gasteiger partial charge in [0.25, 0.3) is 0 Å². The quantitative estimate of drug-likeness (QED) is 0.665. The summed E-state index contributed by atoms with van der Waals surface area (Å²) in [6.07, 6.45) is 2.39. The van der Waals surface area contributed by atoms with Gasteiger partial charge in [-0.1, -0.05) is 0 Å². The summed E-state index contributed by atoms with van der Waals surface area (Å²) in [4.78, 5) is 0. The highest BCUT2D eigenvalue weighted by Crippen LogP contribution is 2.23. The van der Waals surface area contributed by atoms with Crippen LogP contribution in [0.3, 0.4) is 0 Å². The molecule has 3 heteroatoms. The molecule has 1 saturated heterocycles. The fourth-order valence-corrected chi connectivity index (χ4v) is 1.74. The van der Waals surface area contributed by atoms with E-state index in [1.54, 1.807) is 0 Å². The highest BCUT2D eigenvalue weighted by atomic mass is 16.5. The molecule has 2 unspecified atom stereocenters. The summed E-state index contributed by atoms with van der Waals surface area (Å²) in [5.41, 5.74) is 0.0853. The molecule has 0 saturated carbocycles. The first-order valence-corrected chi connectivity index (χ1v) is 5.18. The first-order valence-electron chi connectivity index (χ1n) is 5.18. The van der Waals surface area contributed by atoms with E-state index in [0.717, 1.165) is 19.7 Å². The maximum absolute atomic E-state index is 5.69. The Bertz CT molecular complexity index is 144. The molecule has 1 aliphatic heterocycles. The molecule has 1 heterocycles. The van der Waals surface area contributed by atoms with Crippen LogP contribution in [-0.4, -0.2) is 38.4 Å². The molecule has 0 aromatic carbocycles. The predicted molar refractivity (Wildman–Crippen MR) is 55.0 cm³/mol. The van der Waals surface area contributed by atoms with Crippen LogP contribution in [0.25, 0.3) is 0 Å². The minimum Gasteiger partial charge on any atom is -0.374 e.